The van der Waals surface area contributed by atoms with E-state index in [2.05, 4.69) is 0 Å². The quantitative estimate of drug-likeness (QED) is 0.607. The standard InChI is InChI=1S/C21H14ClNO/c22-18-13-7-12-17-19(14-15-8-3-1-4-9-15)23(21(24)20(17)18)16-10-5-2-6-11-16/h1-14H. The Balaban J connectivity index is 1.95. The van der Waals surface area contributed by atoms with Gasteiger partial charge in [0.15, 0.2) is 0 Å². The lowest BCUT2D eigenvalue weighted by Crippen LogP contribution is -2.22. The van der Waals surface area contributed by atoms with Gasteiger partial charge in [0, 0.05) is 11.3 Å². The van der Waals surface area contributed by atoms with Crippen molar-refractivity contribution in [1.29, 1.82) is 0 Å². The molecule has 4 rings (SSSR count). The normalized spacial score (nSPS) is 15.0. The van der Waals surface area contributed by atoms with Gasteiger partial charge in [-0.3, -0.25) is 9.69 Å². The van der Waals surface area contributed by atoms with E-state index in [1.54, 1.807) is 11.0 Å². The first-order valence-electron chi connectivity index (χ1n) is 7.71. The second-order valence-electron chi connectivity index (χ2n) is 5.58. The van der Waals surface area contributed by atoms with Crippen molar-refractivity contribution in [3.63, 3.8) is 0 Å². The Morgan fingerprint density at radius 3 is 2.17 bits per heavy atom. The summed E-state index contributed by atoms with van der Waals surface area (Å²) in [6, 6.07) is 25.2. The highest BCUT2D eigenvalue weighted by Crippen LogP contribution is 2.40. The highest BCUT2D eigenvalue weighted by atomic mass is 35.5. The van der Waals surface area contributed by atoms with Crippen LogP contribution in [-0.4, -0.2) is 5.91 Å². The van der Waals surface area contributed by atoms with E-state index in [-0.39, 0.29) is 5.91 Å². The third kappa shape index (κ3) is 2.41. The molecule has 0 bridgehead atoms. The first-order valence-corrected chi connectivity index (χ1v) is 8.08. The molecule has 3 aromatic rings. The van der Waals surface area contributed by atoms with Gasteiger partial charge in [-0.25, -0.2) is 0 Å². The van der Waals surface area contributed by atoms with Gasteiger partial charge in [-0.15, -0.1) is 0 Å². The molecule has 1 aliphatic heterocycles. The molecule has 0 radical (unpaired) electrons. The summed E-state index contributed by atoms with van der Waals surface area (Å²) in [5.41, 5.74) is 4.13. The van der Waals surface area contributed by atoms with Crippen LogP contribution in [0.5, 0.6) is 0 Å². The van der Waals surface area contributed by atoms with E-state index in [4.69, 9.17) is 11.6 Å². The Labute approximate surface area is 145 Å². The molecule has 0 saturated carbocycles. The van der Waals surface area contributed by atoms with Crippen LogP contribution in [0.4, 0.5) is 5.69 Å². The molecule has 3 heteroatoms. The van der Waals surface area contributed by atoms with Crippen LogP contribution in [0.3, 0.4) is 0 Å². The number of nitrogens with zero attached hydrogens (tertiary/aromatic N) is 1. The molecule has 0 fully saturated rings. The molecule has 0 N–H and O–H groups in total. The molecule has 0 spiro atoms. The minimum Gasteiger partial charge on any atom is -0.276 e. The zero-order valence-corrected chi connectivity index (χ0v) is 13.6. The van der Waals surface area contributed by atoms with Crippen LogP contribution in [0, 0.1) is 0 Å². The molecule has 0 aliphatic carbocycles. The summed E-state index contributed by atoms with van der Waals surface area (Å²) in [7, 11) is 0. The van der Waals surface area contributed by atoms with E-state index in [1.165, 1.54) is 0 Å². The lowest BCUT2D eigenvalue weighted by molar-refractivity contribution is 0.101. The summed E-state index contributed by atoms with van der Waals surface area (Å²) in [5.74, 6) is -0.0935. The van der Waals surface area contributed by atoms with Gasteiger partial charge in [0.2, 0.25) is 0 Å². The molecule has 0 aromatic heterocycles. The zero-order valence-electron chi connectivity index (χ0n) is 12.8. The van der Waals surface area contributed by atoms with Crippen molar-refractivity contribution >= 4 is 35.0 Å². The molecule has 0 saturated heterocycles. The number of halogens is 1. The van der Waals surface area contributed by atoms with Crippen molar-refractivity contribution in [2.45, 2.75) is 0 Å². The third-order valence-electron chi connectivity index (χ3n) is 4.06. The monoisotopic (exact) mass is 331 g/mol. The summed E-state index contributed by atoms with van der Waals surface area (Å²) >= 11 is 6.31. The van der Waals surface area contributed by atoms with E-state index < -0.39 is 0 Å². The predicted molar refractivity (Wildman–Crippen MR) is 99.0 cm³/mol. The Morgan fingerprint density at radius 2 is 1.46 bits per heavy atom. The van der Waals surface area contributed by atoms with Gasteiger partial charge < -0.3 is 0 Å². The smallest absolute Gasteiger partial charge is 0.265 e. The summed E-state index contributed by atoms with van der Waals surface area (Å²) < 4.78 is 0. The number of amides is 1. The molecule has 2 nitrogen and oxygen atoms in total. The fourth-order valence-corrected chi connectivity index (χ4v) is 3.23. The molecule has 1 heterocycles. The number of rotatable bonds is 2. The van der Waals surface area contributed by atoms with E-state index in [0.29, 0.717) is 10.6 Å². The highest BCUT2D eigenvalue weighted by molar-refractivity contribution is 6.38. The van der Waals surface area contributed by atoms with Crippen LogP contribution in [0.25, 0.3) is 11.8 Å². The van der Waals surface area contributed by atoms with Crippen molar-refractivity contribution in [2.75, 3.05) is 4.90 Å². The summed E-state index contributed by atoms with van der Waals surface area (Å²) in [6.45, 7) is 0. The van der Waals surface area contributed by atoms with Crippen molar-refractivity contribution in [1.82, 2.24) is 0 Å². The Morgan fingerprint density at radius 1 is 0.792 bits per heavy atom. The molecular weight excluding hydrogens is 318 g/mol. The molecule has 0 unspecified atom stereocenters. The Bertz CT molecular complexity index is 933. The molecule has 0 atom stereocenters. The number of fused-ring (bicyclic) bond motifs is 1. The molecule has 24 heavy (non-hydrogen) atoms. The average Bonchev–Trinajstić information content (AvgIpc) is 2.90. The maximum Gasteiger partial charge on any atom is 0.265 e. The first-order chi connectivity index (χ1) is 11.8. The van der Waals surface area contributed by atoms with Crippen LogP contribution in [0.15, 0.2) is 78.9 Å². The average molecular weight is 332 g/mol. The van der Waals surface area contributed by atoms with E-state index in [0.717, 1.165) is 22.5 Å². The van der Waals surface area contributed by atoms with Crippen LogP contribution < -0.4 is 4.90 Å². The van der Waals surface area contributed by atoms with E-state index >= 15 is 0 Å². The lowest BCUT2D eigenvalue weighted by Gasteiger charge is -2.18. The predicted octanol–water partition coefficient (Wildman–Crippen LogP) is 5.50. The number of hydrogen-bond acceptors (Lipinski definition) is 1. The van der Waals surface area contributed by atoms with Crippen LogP contribution in [0.2, 0.25) is 5.02 Å². The minimum atomic E-state index is -0.0935. The number of benzene rings is 3. The topological polar surface area (TPSA) is 20.3 Å². The summed E-state index contributed by atoms with van der Waals surface area (Å²) in [5, 5.41) is 0.481. The zero-order chi connectivity index (χ0) is 16.5. The van der Waals surface area contributed by atoms with Gasteiger partial charge in [0.1, 0.15) is 0 Å². The van der Waals surface area contributed by atoms with Gasteiger partial charge in [0.25, 0.3) is 5.91 Å². The molecule has 3 aromatic carbocycles. The first kappa shape index (κ1) is 14.7. The molecular formula is C21H14ClNO. The molecule has 1 amide bonds. The fraction of sp³-hybridized carbons (Fsp3) is 0. The van der Waals surface area contributed by atoms with Gasteiger partial charge >= 0.3 is 0 Å². The Kier molecular flexibility index (Phi) is 3.68. The number of para-hydroxylation sites is 1. The van der Waals surface area contributed by atoms with Crippen molar-refractivity contribution < 1.29 is 4.79 Å². The second-order valence-corrected chi connectivity index (χ2v) is 5.99. The third-order valence-corrected chi connectivity index (χ3v) is 4.38. The van der Waals surface area contributed by atoms with E-state index in [9.17, 15) is 4.79 Å². The van der Waals surface area contributed by atoms with Crippen molar-refractivity contribution in [3.8, 4) is 0 Å². The summed E-state index contributed by atoms with van der Waals surface area (Å²) in [4.78, 5) is 14.7. The lowest BCUT2D eigenvalue weighted by atomic mass is 10.1. The van der Waals surface area contributed by atoms with Gasteiger partial charge in [-0.2, -0.15) is 0 Å². The highest BCUT2D eigenvalue weighted by Gasteiger charge is 2.34. The summed E-state index contributed by atoms with van der Waals surface area (Å²) in [6.07, 6.45) is 2.02. The maximum atomic E-state index is 13.0. The van der Waals surface area contributed by atoms with Crippen molar-refractivity contribution in [2.24, 2.45) is 0 Å². The molecule has 116 valence electrons. The van der Waals surface area contributed by atoms with E-state index in [1.807, 2.05) is 78.9 Å². The number of carbonyl (C=O) groups excluding carboxylic acids is 1. The SMILES string of the molecule is O=C1c2c(Cl)cccc2C(=Cc2ccccc2)N1c1ccccc1. The second kappa shape index (κ2) is 5.99. The van der Waals surface area contributed by atoms with Crippen molar-refractivity contribution in [3.05, 3.63) is 101 Å². The van der Waals surface area contributed by atoms with Gasteiger partial charge in [0.05, 0.1) is 16.3 Å². The molecule has 1 aliphatic rings. The number of hydrogen-bond donors (Lipinski definition) is 0. The largest absolute Gasteiger partial charge is 0.276 e. The van der Waals surface area contributed by atoms with Crippen LogP contribution in [0.1, 0.15) is 21.5 Å². The number of carbonyl (C=O) groups is 1. The van der Waals surface area contributed by atoms with Gasteiger partial charge in [-0.05, 0) is 29.8 Å². The van der Waals surface area contributed by atoms with Crippen LogP contribution in [-0.2, 0) is 0 Å². The van der Waals surface area contributed by atoms with Gasteiger partial charge in [-0.1, -0.05) is 72.3 Å². The number of anilines is 1. The van der Waals surface area contributed by atoms with Crippen LogP contribution >= 0.6 is 11.6 Å². The fourth-order valence-electron chi connectivity index (χ4n) is 2.98. The minimum absolute atomic E-state index is 0.0935. The Hall–Kier alpha value is -2.84. The maximum absolute atomic E-state index is 13.0.